The maximum Gasteiger partial charge on any atom is 0.224 e. The molecule has 0 aliphatic rings. The molecule has 0 bridgehead atoms. The summed E-state index contributed by atoms with van der Waals surface area (Å²) in [5, 5.41) is 3.03. The number of hydrogen-bond acceptors (Lipinski definition) is 4. The summed E-state index contributed by atoms with van der Waals surface area (Å²) in [6.07, 6.45) is 2.44. The van der Waals surface area contributed by atoms with Crippen LogP contribution in [0, 0.1) is 5.82 Å². The van der Waals surface area contributed by atoms with E-state index in [1.165, 1.54) is 6.20 Å². The molecule has 2 aromatic heterocycles. The minimum Gasteiger partial charge on any atom is -0.336 e. The molecule has 0 aromatic carbocycles. The Morgan fingerprint density at radius 1 is 1.12 bits per heavy atom. The van der Waals surface area contributed by atoms with Crippen LogP contribution in [0.15, 0.2) is 24.5 Å². The topological polar surface area (TPSA) is 50.7 Å². The molecule has 0 atom stereocenters. The van der Waals surface area contributed by atoms with E-state index >= 15 is 0 Å². The lowest BCUT2D eigenvalue weighted by Crippen LogP contribution is -1.99. The highest BCUT2D eigenvalue weighted by atomic mass is 35.5. The molecule has 0 aliphatic carbocycles. The summed E-state index contributed by atoms with van der Waals surface area (Å²) in [6, 6.07) is 3.22. The second kappa shape index (κ2) is 4.59. The highest BCUT2D eigenvalue weighted by molar-refractivity contribution is 6.29. The van der Waals surface area contributed by atoms with E-state index in [1.807, 2.05) is 0 Å². The smallest absolute Gasteiger partial charge is 0.224 e. The third kappa shape index (κ3) is 2.56. The number of pyridine rings is 1. The van der Waals surface area contributed by atoms with Crippen molar-refractivity contribution < 1.29 is 4.39 Å². The van der Waals surface area contributed by atoms with E-state index in [0.29, 0.717) is 10.8 Å². The van der Waals surface area contributed by atoms with Gasteiger partial charge in [-0.2, -0.15) is 4.98 Å². The van der Waals surface area contributed by atoms with Crippen LogP contribution in [0.1, 0.15) is 0 Å². The van der Waals surface area contributed by atoms with Crippen LogP contribution >= 0.6 is 23.2 Å². The van der Waals surface area contributed by atoms with E-state index in [0.717, 1.165) is 6.20 Å². The number of nitrogens with zero attached hydrogens (tertiary/aromatic N) is 3. The highest BCUT2D eigenvalue weighted by Crippen LogP contribution is 2.18. The van der Waals surface area contributed by atoms with Gasteiger partial charge in [-0.1, -0.05) is 11.6 Å². The summed E-state index contributed by atoms with van der Waals surface area (Å²) in [7, 11) is 0. The van der Waals surface area contributed by atoms with Crippen LogP contribution in [-0.2, 0) is 0 Å². The SMILES string of the molecule is Fc1cnc(Cl)nc1Nc1ccc(Cl)nc1. The minimum atomic E-state index is -0.598. The van der Waals surface area contributed by atoms with E-state index in [4.69, 9.17) is 23.2 Å². The van der Waals surface area contributed by atoms with Gasteiger partial charge in [0.1, 0.15) is 5.15 Å². The van der Waals surface area contributed by atoms with Crippen molar-refractivity contribution in [2.75, 3.05) is 5.32 Å². The second-order valence-corrected chi connectivity index (χ2v) is 3.56. The average Bonchev–Trinajstić information content (AvgIpc) is 2.27. The molecule has 2 aromatic rings. The van der Waals surface area contributed by atoms with Gasteiger partial charge in [0.05, 0.1) is 18.1 Å². The number of nitrogens with one attached hydrogen (secondary N) is 1. The third-order valence-corrected chi connectivity index (χ3v) is 2.11. The number of rotatable bonds is 2. The molecule has 7 heteroatoms. The maximum absolute atomic E-state index is 13.2. The molecule has 82 valence electrons. The van der Waals surface area contributed by atoms with Crippen LogP contribution < -0.4 is 5.32 Å². The molecule has 16 heavy (non-hydrogen) atoms. The summed E-state index contributed by atoms with van der Waals surface area (Å²) in [5.41, 5.74) is 0.554. The predicted molar refractivity (Wildman–Crippen MR) is 59.5 cm³/mol. The van der Waals surface area contributed by atoms with Crippen molar-refractivity contribution in [3.8, 4) is 0 Å². The molecule has 0 aliphatic heterocycles. The zero-order valence-electron chi connectivity index (χ0n) is 7.78. The lowest BCUT2D eigenvalue weighted by molar-refractivity contribution is 0.619. The fraction of sp³-hybridized carbons (Fsp3) is 0. The Kier molecular flexibility index (Phi) is 3.17. The highest BCUT2D eigenvalue weighted by Gasteiger charge is 2.06. The number of halogens is 3. The maximum atomic E-state index is 13.2. The Hall–Kier alpha value is -1.46. The number of hydrogen-bond donors (Lipinski definition) is 1. The Bertz CT molecular complexity index is 503. The van der Waals surface area contributed by atoms with Gasteiger partial charge in [0, 0.05) is 0 Å². The molecule has 4 nitrogen and oxygen atoms in total. The Morgan fingerprint density at radius 2 is 1.94 bits per heavy atom. The largest absolute Gasteiger partial charge is 0.336 e. The number of aromatic nitrogens is 3. The molecule has 0 spiro atoms. The lowest BCUT2D eigenvalue weighted by atomic mass is 10.4. The summed E-state index contributed by atoms with van der Waals surface area (Å²) in [5.74, 6) is -0.608. The van der Waals surface area contributed by atoms with Crippen molar-refractivity contribution in [1.29, 1.82) is 0 Å². The molecular weight excluding hydrogens is 254 g/mol. The molecule has 0 unspecified atom stereocenters. The van der Waals surface area contributed by atoms with Gasteiger partial charge in [0.25, 0.3) is 0 Å². The van der Waals surface area contributed by atoms with Gasteiger partial charge in [0.15, 0.2) is 11.6 Å². The van der Waals surface area contributed by atoms with Crippen molar-refractivity contribution >= 4 is 34.7 Å². The third-order valence-electron chi connectivity index (χ3n) is 1.70. The lowest BCUT2D eigenvalue weighted by Gasteiger charge is -2.05. The average molecular weight is 259 g/mol. The molecule has 1 N–H and O–H groups in total. The van der Waals surface area contributed by atoms with Crippen LogP contribution in [0.4, 0.5) is 15.9 Å². The first-order valence-corrected chi connectivity index (χ1v) is 4.97. The van der Waals surface area contributed by atoms with E-state index in [2.05, 4.69) is 20.3 Å². The van der Waals surface area contributed by atoms with Crippen LogP contribution in [0.3, 0.4) is 0 Å². The molecule has 2 heterocycles. The van der Waals surface area contributed by atoms with Gasteiger partial charge < -0.3 is 5.32 Å². The predicted octanol–water partition coefficient (Wildman–Crippen LogP) is 3.06. The zero-order chi connectivity index (χ0) is 11.5. The van der Waals surface area contributed by atoms with Gasteiger partial charge in [0.2, 0.25) is 5.28 Å². The second-order valence-electron chi connectivity index (χ2n) is 2.83. The summed E-state index contributed by atoms with van der Waals surface area (Å²) < 4.78 is 13.2. The van der Waals surface area contributed by atoms with Crippen molar-refractivity contribution in [2.24, 2.45) is 0 Å². The van der Waals surface area contributed by atoms with E-state index in [9.17, 15) is 4.39 Å². The van der Waals surface area contributed by atoms with Crippen LogP contribution in [0.5, 0.6) is 0 Å². The fourth-order valence-corrected chi connectivity index (χ4v) is 1.26. The summed E-state index contributed by atoms with van der Waals surface area (Å²) in [4.78, 5) is 11.0. The Labute approximate surface area is 100 Å². The molecular formula is C9H5Cl2FN4. The van der Waals surface area contributed by atoms with E-state index < -0.39 is 5.82 Å². The van der Waals surface area contributed by atoms with Crippen molar-refractivity contribution in [1.82, 2.24) is 15.0 Å². The van der Waals surface area contributed by atoms with Gasteiger partial charge in [-0.25, -0.2) is 14.4 Å². The van der Waals surface area contributed by atoms with E-state index in [1.54, 1.807) is 12.1 Å². The van der Waals surface area contributed by atoms with E-state index in [-0.39, 0.29) is 11.1 Å². The summed E-state index contributed by atoms with van der Waals surface area (Å²) in [6.45, 7) is 0. The fourth-order valence-electron chi connectivity index (χ4n) is 1.02. The zero-order valence-corrected chi connectivity index (χ0v) is 9.30. The Morgan fingerprint density at radius 3 is 2.62 bits per heavy atom. The van der Waals surface area contributed by atoms with Crippen LogP contribution in [0.25, 0.3) is 0 Å². The van der Waals surface area contributed by atoms with Crippen molar-refractivity contribution in [2.45, 2.75) is 0 Å². The molecule has 0 fully saturated rings. The molecule has 0 amide bonds. The van der Waals surface area contributed by atoms with Gasteiger partial charge in [-0.15, -0.1) is 0 Å². The molecule has 0 saturated heterocycles. The molecule has 0 radical (unpaired) electrons. The minimum absolute atomic E-state index is 0.0101. The van der Waals surface area contributed by atoms with Gasteiger partial charge >= 0.3 is 0 Å². The molecule has 0 saturated carbocycles. The Balaban J connectivity index is 2.26. The van der Waals surface area contributed by atoms with Gasteiger partial charge in [-0.05, 0) is 23.7 Å². The van der Waals surface area contributed by atoms with Crippen LogP contribution in [0.2, 0.25) is 10.4 Å². The number of anilines is 2. The molecule has 2 rings (SSSR count). The first kappa shape index (κ1) is 11.0. The van der Waals surface area contributed by atoms with Crippen LogP contribution in [-0.4, -0.2) is 15.0 Å². The van der Waals surface area contributed by atoms with Gasteiger partial charge in [-0.3, -0.25) is 0 Å². The quantitative estimate of drug-likeness (QED) is 0.665. The van der Waals surface area contributed by atoms with Crippen molar-refractivity contribution in [3.63, 3.8) is 0 Å². The first-order chi connectivity index (χ1) is 7.65. The monoisotopic (exact) mass is 258 g/mol. The normalized spacial score (nSPS) is 10.2. The van der Waals surface area contributed by atoms with Crippen molar-refractivity contribution in [3.05, 3.63) is 40.8 Å². The standard InChI is InChI=1S/C9H5Cl2FN4/c10-7-2-1-5(3-13-7)15-8-6(12)4-14-9(11)16-8/h1-4H,(H,14,15,16). The first-order valence-electron chi connectivity index (χ1n) is 4.22. The summed E-state index contributed by atoms with van der Waals surface area (Å²) >= 11 is 11.2.